The first-order chi connectivity index (χ1) is 10.2. The normalized spacial score (nSPS) is 12.0. The summed E-state index contributed by atoms with van der Waals surface area (Å²) in [6, 6.07) is 5.69. The maximum atomic E-state index is 11.8. The molecule has 1 aromatic rings. The highest BCUT2D eigenvalue weighted by atomic mass is 79.9. The first kappa shape index (κ1) is 18.8. The molecule has 3 N–H and O–H groups in total. The monoisotopic (exact) mass is 388 g/mol. The molecule has 0 saturated heterocycles. The predicted octanol–water partition coefficient (Wildman–Crippen LogP) is 2.68. The molecule has 0 atom stereocenters. The van der Waals surface area contributed by atoms with E-state index in [1.165, 1.54) is 0 Å². The smallest absolute Gasteiger partial charge is 0.239 e. The molecular weight excluding hydrogens is 368 g/mol. The first-order valence-electron chi connectivity index (χ1n) is 6.91. The topological polar surface area (TPSA) is 65.5 Å². The molecule has 0 unspecified atom stereocenters. The number of amides is 1. The van der Waals surface area contributed by atoms with Crippen LogP contribution in [-0.2, 0) is 11.3 Å². The standard InChI is InChI=1S/C15H22BrClN4O/c1-15(2,3)21-13(22)9-20-14(18-4)19-8-10-5-6-11(16)7-12(10)17/h5-7H,8-9H2,1-4H3,(H,21,22)(H2,18,19,20). The number of carbonyl (C=O) groups is 1. The molecule has 5 nitrogen and oxygen atoms in total. The van der Waals surface area contributed by atoms with Crippen LogP contribution in [0.4, 0.5) is 0 Å². The molecular formula is C15H22BrClN4O. The zero-order valence-corrected chi connectivity index (χ0v) is 15.6. The Morgan fingerprint density at radius 3 is 2.55 bits per heavy atom. The highest BCUT2D eigenvalue weighted by molar-refractivity contribution is 9.10. The number of benzene rings is 1. The van der Waals surface area contributed by atoms with E-state index in [0.717, 1.165) is 10.0 Å². The van der Waals surface area contributed by atoms with Crippen molar-refractivity contribution in [2.45, 2.75) is 32.9 Å². The number of nitrogens with one attached hydrogen (secondary N) is 3. The van der Waals surface area contributed by atoms with Crippen molar-refractivity contribution >= 4 is 39.4 Å². The lowest BCUT2D eigenvalue weighted by molar-refractivity contribution is -0.121. The third-order valence-electron chi connectivity index (χ3n) is 2.62. The molecule has 0 heterocycles. The van der Waals surface area contributed by atoms with Gasteiger partial charge >= 0.3 is 0 Å². The molecule has 0 bridgehead atoms. The largest absolute Gasteiger partial charge is 0.352 e. The number of hydrogen-bond acceptors (Lipinski definition) is 2. The summed E-state index contributed by atoms with van der Waals surface area (Å²) >= 11 is 9.53. The highest BCUT2D eigenvalue weighted by Gasteiger charge is 2.13. The highest BCUT2D eigenvalue weighted by Crippen LogP contribution is 2.21. The minimum absolute atomic E-state index is 0.0860. The van der Waals surface area contributed by atoms with E-state index in [-0.39, 0.29) is 18.0 Å². The molecule has 0 fully saturated rings. The second-order valence-electron chi connectivity index (χ2n) is 5.81. The summed E-state index contributed by atoms with van der Waals surface area (Å²) in [6.07, 6.45) is 0. The SMILES string of the molecule is CN=C(NCC(=O)NC(C)(C)C)NCc1ccc(Br)cc1Cl. The van der Waals surface area contributed by atoms with Crippen LogP contribution in [0.15, 0.2) is 27.7 Å². The van der Waals surface area contributed by atoms with Crippen LogP contribution >= 0.6 is 27.5 Å². The van der Waals surface area contributed by atoms with Crippen molar-refractivity contribution in [2.75, 3.05) is 13.6 Å². The molecule has 1 aromatic carbocycles. The Hall–Kier alpha value is -1.27. The molecule has 0 aliphatic heterocycles. The molecule has 22 heavy (non-hydrogen) atoms. The lowest BCUT2D eigenvalue weighted by Crippen LogP contribution is -2.48. The van der Waals surface area contributed by atoms with Crippen LogP contribution in [0.1, 0.15) is 26.3 Å². The van der Waals surface area contributed by atoms with Gasteiger partial charge in [-0.15, -0.1) is 0 Å². The Bertz CT molecular complexity index is 555. The van der Waals surface area contributed by atoms with Crippen molar-refractivity contribution in [1.82, 2.24) is 16.0 Å². The van der Waals surface area contributed by atoms with Gasteiger partial charge in [0.1, 0.15) is 0 Å². The van der Waals surface area contributed by atoms with Gasteiger partial charge in [-0.1, -0.05) is 33.6 Å². The number of rotatable bonds is 4. The van der Waals surface area contributed by atoms with Gasteiger partial charge in [0, 0.05) is 28.6 Å². The second kappa shape index (κ2) is 8.39. The molecule has 0 radical (unpaired) electrons. The van der Waals surface area contributed by atoms with Crippen LogP contribution in [0.3, 0.4) is 0 Å². The van der Waals surface area contributed by atoms with Crippen LogP contribution in [0.2, 0.25) is 5.02 Å². The summed E-state index contributed by atoms with van der Waals surface area (Å²) in [6.45, 7) is 6.49. The maximum Gasteiger partial charge on any atom is 0.239 e. The summed E-state index contributed by atoms with van der Waals surface area (Å²) in [5.41, 5.74) is 0.702. The molecule has 1 amide bonds. The lowest BCUT2D eigenvalue weighted by Gasteiger charge is -2.21. The van der Waals surface area contributed by atoms with Crippen LogP contribution in [0, 0.1) is 0 Å². The molecule has 122 valence electrons. The first-order valence-corrected chi connectivity index (χ1v) is 8.08. The quantitative estimate of drug-likeness (QED) is 0.548. The number of halogens is 2. The van der Waals surface area contributed by atoms with Gasteiger partial charge in [-0.05, 0) is 38.5 Å². The Balaban J connectivity index is 2.48. The van der Waals surface area contributed by atoms with Crippen LogP contribution in [-0.4, -0.2) is 31.0 Å². The van der Waals surface area contributed by atoms with Gasteiger partial charge in [0.05, 0.1) is 6.54 Å². The van der Waals surface area contributed by atoms with Crippen LogP contribution < -0.4 is 16.0 Å². The second-order valence-corrected chi connectivity index (χ2v) is 7.14. The van der Waals surface area contributed by atoms with E-state index in [0.29, 0.717) is 17.5 Å². The van der Waals surface area contributed by atoms with E-state index >= 15 is 0 Å². The average molecular weight is 390 g/mol. The molecule has 0 saturated carbocycles. The molecule has 7 heteroatoms. The summed E-state index contributed by atoms with van der Waals surface area (Å²) in [4.78, 5) is 15.8. The predicted molar refractivity (Wildman–Crippen MR) is 95.2 cm³/mol. The fourth-order valence-electron chi connectivity index (χ4n) is 1.69. The van der Waals surface area contributed by atoms with Gasteiger partial charge < -0.3 is 16.0 Å². The Labute approximate surface area is 145 Å². The number of carbonyl (C=O) groups excluding carboxylic acids is 1. The minimum atomic E-state index is -0.249. The molecule has 0 aliphatic rings. The fraction of sp³-hybridized carbons (Fsp3) is 0.467. The van der Waals surface area contributed by atoms with Crippen molar-refractivity contribution in [3.8, 4) is 0 Å². The average Bonchev–Trinajstić information content (AvgIpc) is 2.38. The van der Waals surface area contributed by atoms with Crippen molar-refractivity contribution in [3.05, 3.63) is 33.3 Å². The van der Waals surface area contributed by atoms with E-state index in [4.69, 9.17) is 11.6 Å². The number of hydrogen-bond donors (Lipinski definition) is 3. The van der Waals surface area contributed by atoms with E-state index in [1.807, 2.05) is 39.0 Å². The van der Waals surface area contributed by atoms with Crippen molar-refractivity contribution in [1.29, 1.82) is 0 Å². The number of guanidine groups is 1. The van der Waals surface area contributed by atoms with Gasteiger partial charge in [0.15, 0.2) is 5.96 Å². The van der Waals surface area contributed by atoms with Gasteiger partial charge in [0.2, 0.25) is 5.91 Å². The summed E-state index contributed by atoms with van der Waals surface area (Å²) < 4.78 is 0.933. The van der Waals surface area contributed by atoms with Gasteiger partial charge in [-0.25, -0.2) is 0 Å². The van der Waals surface area contributed by atoms with Crippen LogP contribution in [0.5, 0.6) is 0 Å². The third kappa shape index (κ3) is 7.13. The van der Waals surface area contributed by atoms with Gasteiger partial charge in [-0.2, -0.15) is 0 Å². The zero-order valence-electron chi connectivity index (χ0n) is 13.3. The minimum Gasteiger partial charge on any atom is -0.352 e. The number of aliphatic imine (C=N–C) groups is 1. The molecule has 0 spiro atoms. The van der Waals surface area contributed by atoms with Crippen molar-refractivity contribution in [2.24, 2.45) is 4.99 Å². The maximum absolute atomic E-state index is 11.8. The Kier molecular flexibility index (Phi) is 7.16. The fourth-order valence-corrected chi connectivity index (χ4v) is 2.43. The molecule has 0 aromatic heterocycles. The van der Waals surface area contributed by atoms with E-state index in [9.17, 15) is 4.79 Å². The van der Waals surface area contributed by atoms with Crippen molar-refractivity contribution < 1.29 is 4.79 Å². The number of nitrogens with zero attached hydrogens (tertiary/aromatic N) is 1. The zero-order chi connectivity index (χ0) is 16.8. The molecule has 0 aliphatic carbocycles. The molecule has 1 rings (SSSR count). The van der Waals surface area contributed by atoms with E-state index in [1.54, 1.807) is 7.05 Å². The lowest BCUT2D eigenvalue weighted by atomic mass is 10.1. The summed E-state index contributed by atoms with van der Waals surface area (Å²) in [5.74, 6) is 0.458. The Morgan fingerprint density at radius 2 is 2.00 bits per heavy atom. The van der Waals surface area contributed by atoms with E-state index < -0.39 is 0 Å². The summed E-state index contributed by atoms with van der Waals surface area (Å²) in [7, 11) is 1.65. The van der Waals surface area contributed by atoms with E-state index in [2.05, 4.69) is 36.9 Å². The Morgan fingerprint density at radius 1 is 1.32 bits per heavy atom. The van der Waals surface area contributed by atoms with Gasteiger partial charge in [-0.3, -0.25) is 9.79 Å². The summed E-state index contributed by atoms with van der Waals surface area (Å²) in [5, 5.41) is 9.64. The van der Waals surface area contributed by atoms with Crippen molar-refractivity contribution in [3.63, 3.8) is 0 Å². The third-order valence-corrected chi connectivity index (χ3v) is 3.46. The van der Waals surface area contributed by atoms with Gasteiger partial charge in [0.25, 0.3) is 0 Å². The van der Waals surface area contributed by atoms with Crippen LogP contribution in [0.25, 0.3) is 0 Å².